The van der Waals surface area contributed by atoms with Gasteiger partial charge in [0, 0.05) is 6.61 Å². The third-order valence-electron chi connectivity index (χ3n) is 0. The van der Waals surface area contributed by atoms with E-state index in [1.165, 1.54) is 0 Å². The van der Waals surface area contributed by atoms with Gasteiger partial charge >= 0.3 is 75.5 Å². The van der Waals surface area contributed by atoms with Crippen LogP contribution in [0.2, 0.25) is 0 Å². The molecule has 0 amide bonds. The molecular formula is C2H6Ca2O5Si. The van der Waals surface area contributed by atoms with Crippen LogP contribution >= 0.6 is 0 Å². The molecule has 0 aromatic rings. The van der Waals surface area contributed by atoms with Crippen LogP contribution in [-0.2, 0) is 0 Å². The first-order chi connectivity index (χ1) is 3.41. The van der Waals surface area contributed by atoms with Gasteiger partial charge < -0.3 is 33.3 Å². The molecule has 0 radical (unpaired) electrons. The number of hydrogen-bond acceptors (Lipinski definition) is 5. The first-order valence-electron chi connectivity index (χ1n) is 1.84. The van der Waals surface area contributed by atoms with Crippen molar-refractivity contribution in [3.05, 3.63) is 0 Å². The maximum absolute atomic E-state index is 8.58. The summed E-state index contributed by atoms with van der Waals surface area (Å²) in [6, 6.07) is 0. The molecule has 0 aliphatic rings. The fourth-order valence-electron chi connectivity index (χ4n) is 0. The second-order valence-corrected chi connectivity index (χ2v) is 1.82. The molecule has 0 aromatic carbocycles. The number of hydrogen-bond donors (Lipinski definition) is 1. The van der Waals surface area contributed by atoms with E-state index in [1.807, 2.05) is 0 Å². The summed E-state index contributed by atoms with van der Waals surface area (Å²) in [5.74, 6) is 0. The van der Waals surface area contributed by atoms with E-state index in [1.54, 1.807) is 6.92 Å². The van der Waals surface area contributed by atoms with E-state index >= 15 is 0 Å². The minimum absolute atomic E-state index is 0. The maximum atomic E-state index is 8.58. The number of rotatable bonds is 0. The Morgan fingerprint density at radius 1 is 1.10 bits per heavy atom. The van der Waals surface area contributed by atoms with Crippen LogP contribution in [-0.4, -0.2) is 96.2 Å². The summed E-state index contributed by atoms with van der Waals surface area (Å²) in [5, 5.41) is 7.57. The van der Waals surface area contributed by atoms with E-state index in [0.29, 0.717) is 0 Å². The summed E-state index contributed by atoms with van der Waals surface area (Å²) in [6.45, 7) is 1.93. The summed E-state index contributed by atoms with van der Waals surface area (Å²) in [5.41, 5.74) is 0. The smallest absolute Gasteiger partial charge is 0.894 e. The number of aliphatic hydroxyl groups excluding tert-OH is 1. The topological polar surface area (TPSA) is 112 Å². The van der Waals surface area contributed by atoms with Crippen molar-refractivity contribution in [3.8, 4) is 0 Å². The minimum atomic E-state index is -5.61. The Morgan fingerprint density at radius 2 is 1.10 bits per heavy atom. The Bertz CT molecular complexity index is 41.4. The molecule has 0 aromatic heterocycles. The van der Waals surface area contributed by atoms with Crippen molar-refractivity contribution in [1.82, 2.24) is 0 Å². The molecule has 1 N–H and O–H groups in total. The molecule has 0 aliphatic heterocycles. The normalized spacial score (nSPS) is 7.80. The van der Waals surface area contributed by atoms with Gasteiger partial charge in [0.15, 0.2) is 0 Å². The van der Waals surface area contributed by atoms with Gasteiger partial charge in [-0.25, -0.2) is 0 Å². The largest absolute Gasteiger partial charge is 2.00 e. The van der Waals surface area contributed by atoms with Crippen LogP contribution in [0.3, 0.4) is 0 Å². The average Bonchev–Trinajstić information content (AvgIpc) is 1.27. The van der Waals surface area contributed by atoms with E-state index < -0.39 is 9.05 Å². The van der Waals surface area contributed by atoms with E-state index in [4.69, 9.17) is 24.3 Å². The zero-order chi connectivity index (χ0) is 7.21. The van der Waals surface area contributed by atoms with Crippen molar-refractivity contribution < 1.29 is 24.3 Å². The van der Waals surface area contributed by atoms with Crippen LogP contribution in [0.1, 0.15) is 6.92 Å². The zero-order valence-electron chi connectivity index (χ0n) is 5.70. The van der Waals surface area contributed by atoms with Crippen LogP contribution in [0.15, 0.2) is 0 Å². The molecule has 8 heteroatoms. The SMILES string of the molecule is CCO.[Ca+2].[Ca+2].[O-][Si]([O-])([O-])[O-]. The van der Waals surface area contributed by atoms with Gasteiger partial charge in [0.1, 0.15) is 0 Å². The molecule has 52 valence electrons. The van der Waals surface area contributed by atoms with Crippen molar-refractivity contribution in [2.45, 2.75) is 6.92 Å². The maximum Gasteiger partial charge on any atom is 2.00 e. The van der Waals surface area contributed by atoms with E-state index in [-0.39, 0.29) is 82.1 Å². The van der Waals surface area contributed by atoms with Crippen molar-refractivity contribution >= 4 is 84.5 Å². The van der Waals surface area contributed by atoms with E-state index in [2.05, 4.69) is 0 Å². The second-order valence-electron chi connectivity index (χ2n) is 0.816. The predicted octanol–water partition coefficient (Wildman–Crippen LogP) is -5.90. The molecule has 0 aliphatic carbocycles. The molecule has 0 saturated carbocycles. The molecule has 0 fully saturated rings. The molecule has 10 heavy (non-hydrogen) atoms. The fourth-order valence-corrected chi connectivity index (χ4v) is 0. The molecule has 0 spiro atoms. The molecular weight excluding hydrogens is 212 g/mol. The van der Waals surface area contributed by atoms with Gasteiger partial charge in [-0.3, -0.25) is 0 Å². The fraction of sp³-hybridized carbons (Fsp3) is 1.00. The Balaban J connectivity index is -0.0000000326. The first kappa shape index (κ1) is 22.9. The van der Waals surface area contributed by atoms with Crippen LogP contribution < -0.4 is 19.2 Å². The molecule has 0 saturated heterocycles. The predicted molar refractivity (Wildman–Crippen MR) is 30.0 cm³/mol. The van der Waals surface area contributed by atoms with E-state index in [0.717, 1.165) is 0 Å². The van der Waals surface area contributed by atoms with Crippen LogP contribution in [0, 0.1) is 0 Å². The van der Waals surface area contributed by atoms with Gasteiger partial charge in [-0.2, -0.15) is 0 Å². The summed E-state index contributed by atoms with van der Waals surface area (Å²) in [4.78, 5) is 34.3. The van der Waals surface area contributed by atoms with Gasteiger partial charge in [-0.15, -0.1) is 0 Å². The van der Waals surface area contributed by atoms with Crippen LogP contribution in [0.4, 0.5) is 0 Å². The quantitative estimate of drug-likeness (QED) is 0.407. The second kappa shape index (κ2) is 14.1. The van der Waals surface area contributed by atoms with Gasteiger partial charge in [0.25, 0.3) is 0 Å². The van der Waals surface area contributed by atoms with Crippen molar-refractivity contribution in [3.63, 3.8) is 0 Å². The summed E-state index contributed by atoms with van der Waals surface area (Å²) in [7, 11) is -5.61. The van der Waals surface area contributed by atoms with E-state index in [9.17, 15) is 0 Å². The van der Waals surface area contributed by atoms with Crippen molar-refractivity contribution in [2.75, 3.05) is 6.61 Å². The summed E-state index contributed by atoms with van der Waals surface area (Å²) >= 11 is 0. The Morgan fingerprint density at radius 3 is 1.10 bits per heavy atom. The molecule has 0 heterocycles. The van der Waals surface area contributed by atoms with Gasteiger partial charge in [0.2, 0.25) is 0 Å². The van der Waals surface area contributed by atoms with Gasteiger partial charge in [0.05, 0.1) is 0 Å². The number of aliphatic hydroxyl groups is 1. The minimum Gasteiger partial charge on any atom is -0.894 e. The molecule has 0 rings (SSSR count). The van der Waals surface area contributed by atoms with Crippen LogP contribution in [0.25, 0.3) is 0 Å². The molecule has 0 bridgehead atoms. The average molecular weight is 218 g/mol. The molecule has 0 unspecified atom stereocenters. The molecule has 5 nitrogen and oxygen atoms in total. The summed E-state index contributed by atoms with van der Waals surface area (Å²) < 4.78 is 0. The van der Waals surface area contributed by atoms with Crippen molar-refractivity contribution in [1.29, 1.82) is 0 Å². The van der Waals surface area contributed by atoms with Gasteiger partial charge in [-0.05, 0) is 6.92 Å². The van der Waals surface area contributed by atoms with Gasteiger partial charge in [-0.1, -0.05) is 0 Å². The monoisotopic (exact) mass is 218 g/mol. The Hall–Kier alpha value is 2.54. The molecule has 0 atom stereocenters. The third kappa shape index (κ3) is 149. The first-order valence-corrected chi connectivity index (χ1v) is 3.47. The van der Waals surface area contributed by atoms with Crippen LogP contribution in [0.5, 0.6) is 0 Å². The standard InChI is InChI=1S/C2H6O.2Ca.O4Si/c1-2-3;;;1-5(2,3)4/h3H,2H2,1H3;;;/q;2*+2;-4. The summed E-state index contributed by atoms with van der Waals surface area (Å²) in [6.07, 6.45) is 0. The Kier molecular flexibility index (Phi) is 32.2. The zero-order valence-corrected chi connectivity index (χ0v) is 11.1. The Labute approximate surface area is 120 Å². The third-order valence-corrected chi connectivity index (χ3v) is 0. The van der Waals surface area contributed by atoms with Crippen molar-refractivity contribution in [2.24, 2.45) is 0 Å².